The normalized spacial score (nSPS) is 17.3. The minimum Gasteiger partial charge on any atom is -0.411 e. The van der Waals surface area contributed by atoms with Crippen LogP contribution in [-0.4, -0.2) is 53.4 Å². The van der Waals surface area contributed by atoms with E-state index in [1.54, 1.807) is 13.0 Å². The molecule has 0 saturated carbocycles. The van der Waals surface area contributed by atoms with Crippen LogP contribution in [0.25, 0.3) is 11.5 Å². The molecule has 2 aliphatic heterocycles. The van der Waals surface area contributed by atoms with Gasteiger partial charge in [-0.05, 0) is 19.1 Å². The first-order valence-electron chi connectivity index (χ1n) is 9.96. The highest BCUT2D eigenvalue weighted by atomic mass is 32.2. The van der Waals surface area contributed by atoms with Gasteiger partial charge in [-0.2, -0.15) is 0 Å². The second kappa shape index (κ2) is 9.38. The van der Waals surface area contributed by atoms with Crippen molar-refractivity contribution in [1.82, 2.24) is 15.4 Å². The molecule has 1 amide bonds. The highest BCUT2D eigenvalue weighted by Crippen LogP contribution is 2.36. The third-order valence-corrected chi connectivity index (χ3v) is 5.53. The first-order valence-corrected chi connectivity index (χ1v) is 10.9. The summed E-state index contributed by atoms with van der Waals surface area (Å²) >= 11 is 1.12. The second-order valence-electron chi connectivity index (χ2n) is 7.02. The van der Waals surface area contributed by atoms with Gasteiger partial charge in [0.1, 0.15) is 5.76 Å². The van der Waals surface area contributed by atoms with Crippen LogP contribution in [0.3, 0.4) is 0 Å². The largest absolute Gasteiger partial charge is 0.411 e. The van der Waals surface area contributed by atoms with Crippen molar-refractivity contribution in [2.24, 2.45) is 0 Å². The number of thioether (sulfide) groups is 1. The minimum atomic E-state index is -0.515. The summed E-state index contributed by atoms with van der Waals surface area (Å²) in [7, 11) is 0. The van der Waals surface area contributed by atoms with E-state index < -0.39 is 12.6 Å². The molecule has 0 bridgehead atoms. The number of nitrogens with one attached hydrogen (secondary N) is 1. The van der Waals surface area contributed by atoms with Gasteiger partial charge in [-0.3, -0.25) is 4.79 Å². The Morgan fingerprint density at radius 3 is 2.44 bits per heavy atom. The molecule has 2 saturated heterocycles. The van der Waals surface area contributed by atoms with Gasteiger partial charge in [0.25, 0.3) is 5.22 Å². The fourth-order valence-corrected chi connectivity index (χ4v) is 3.88. The highest BCUT2D eigenvalue weighted by molar-refractivity contribution is 7.99. The average molecular weight is 460 g/mol. The molecule has 32 heavy (non-hydrogen) atoms. The standard InChI is InChI=1S/C20H20N4O7S/c1-11-8-15(24-31-11)21-16(25)10-32-20-23-22-17(30-20)12-2-3-13(18-26-4-5-27-18)14(9-12)19-28-6-7-29-19/h2-3,8-9,18-19H,4-7,10H2,1H3,(H,21,24,25). The van der Waals surface area contributed by atoms with Gasteiger partial charge in [-0.25, -0.2) is 0 Å². The van der Waals surface area contributed by atoms with Gasteiger partial charge < -0.3 is 33.2 Å². The summed E-state index contributed by atoms with van der Waals surface area (Å²) < 4.78 is 33.3. The molecule has 1 N–H and O–H groups in total. The van der Waals surface area contributed by atoms with E-state index in [1.165, 1.54) is 0 Å². The number of aromatic nitrogens is 3. The fourth-order valence-electron chi connectivity index (χ4n) is 3.32. The third kappa shape index (κ3) is 4.69. The molecule has 12 heteroatoms. The average Bonchev–Trinajstić information content (AvgIpc) is 3.60. The van der Waals surface area contributed by atoms with E-state index in [0.717, 1.165) is 22.9 Å². The Hall–Kier alpha value is -2.77. The number of hydrogen-bond acceptors (Lipinski definition) is 11. The lowest BCUT2D eigenvalue weighted by Crippen LogP contribution is -2.14. The second-order valence-corrected chi connectivity index (χ2v) is 7.95. The summed E-state index contributed by atoms with van der Waals surface area (Å²) in [5, 5.41) is 14.8. The topological polar surface area (TPSA) is 131 Å². The maximum atomic E-state index is 12.1. The lowest BCUT2D eigenvalue weighted by Gasteiger charge is -2.18. The Morgan fingerprint density at radius 1 is 1.03 bits per heavy atom. The lowest BCUT2D eigenvalue weighted by molar-refractivity contribution is -0.113. The Balaban J connectivity index is 1.28. The smallest absolute Gasteiger partial charge is 0.277 e. The number of nitrogens with zero attached hydrogens (tertiary/aromatic N) is 3. The van der Waals surface area contributed by atoms with Gasteiger partial charge in [0, 0.05) is 22.8 Å². The van der Waals surface area contributed by atoms with Crippen molar-refractivity contribution in [3.63, 3.8) is 0 Å². The number of ether oxygens (including phenoxy) is 4. The van der Waals surface area contributed by atoms with Crippen LogP contribution in [0.1, 0.15) is 29.5 Å². The third-order valence-electron chi connectivity index (χ3n) is 4.71. The van der Waals surface area contributed by atoms with E-state index in [-0.39, 0.29) is 16.9 Å². The van der Waals surface area contributed by atoms with E-state index in [9.17, 15) is 4.79 Å². The zero-order valence-corrected chi connectivity index (χ0v) is 17.9. The number of carbonyl (C=O) groups is 1. The molecular weight excluding hydrogens is 440 g/mol. The Bertz CT molecular complexity index is 1090. The Kier molecular flexibility index (Phi) is 6.19. The molecule has 2 fully saturated rings. The molecule has 3 aromatic rings. The molecule has 2 aliphatic rings. The Labute approximate surface area is 186 Å². The van der Waals surface area contributed by atoms with Crippen LogP contribution >= 0.6 is 11.8 Å². The molecule has 2 aromatic heterocycles. The number of rotatable bonds is 7. The predicted molar refractivity (Wildman–Crippen MR) is 110 cm³/mol. The Morgan fingerprint density at radius 2 is 1.75 bits per heavy atom. The van der Waals surface area contributed by atoms with Gasteiger partial charge in [0.2, 0.25) is 11.8 Å². The van der Waals surface area contributed by atoms with Crippen molar-refractivity contribution < 1.29 is 32.7 Å². The predicted octanol–water partition coefficient (Wildman–Crippen LogP) is 2.85. The van der Waals surface area contributed by atoms with Crippen molar-refractivity contribution in [3.05, 3.63) is 41.2 Å². The van der Waals surface area contributed by atoms with Crippen LogP contribution < -0.4 is 5.32 Å². The van der Waals surface area contributed by atoms with Gasteiger partial charge >= 0.3 is 0 Å². The number of benzene rings is 1. The molecule has 0 radical (unpaired) electrons. The zero-order chi connectivity index (χ0) is 21.9. The van der Waals surface area contributed by atoms with E-state index >= 15 is 0 Å². The van der Waals surface area contributed by atoms with Crippen LogP contribution in [0.15, 0.2) is 38.4 Å². The summed E-state index contributed by atoms with van der Waals surface area (Å²) in [5.74, 6) is 1.11. The molecule has 0 unspecified atom stereocenters. The molecule has 0 aliphatic carbocycles. The van der Waals surface area contributed by atoms with Gasteiger partial charge in [0.15, 0.2) is 18.4 Å². The summed E-state index contributed by atoms with van der Waals surface area (Å²) in [6.45, 7) is 3.84. The van der Waals surface area contributed by atoms with Crippen LogP contribution in [0.4, 0.5) is 5.82 Å². The number of amides is 1. The minimum absolute atomic E-state index is 0.0812. The van der Waals surface area contributed by atoms with Crippen LogP contribution in [0.2, 0.25) is 0 Å². The lowest BCUT2D eigenvalue weighted by atomic mass is 10.0. The fraction of sp³-hybridized carbons (Fsp3) is 0.400. The van der Waals surface area contributed by atoms with Crippen molar-refractivity contribution in [3.8, 4) is 11.5 Å². The van der Waals surface area contributed by atoms with E-state index in [0.29, 0.717) is 49.5 Å². The summed E-state index contributed by atoms with van der Waals surface area (Å²) in [6.07, 6.45) is -0.981. The quantitative estimate of drug-likeness (QED) is 0.522. The molecule has 0 atom stereocenters. The van der Waals surface area contributed by atoms with Crippen LogP contribution in [0, 0.1) is 6.92 Å². The number of hydrogen-bond donors (Lipinski definition) is 1. The first kappa shape index (κ1) is 21.1. The van der Waals surface area contributed by atoms with E-state index in [2.05, 4.69) is 20.7 Å². The number of anilines is 1. The molecule has 4 heterocycles. The maximum absolute atomic E-state index is 12.1. The summed E-state index contributed by atoms with van der Waals surface area (Å²) in [6, 6.07) is 7.24. The molecule has 1 aromatic carbocycles. The maximum Gasteiger partial charge on any atom is 0.277 e. The number of carbonyl (C=O) groups excluding carboxylic acids is 1. The van der Waals surface area contributed by atoms with E-state index in [4.69, 9.17) is 27.9 Å². The molecular formula is C20H20N4O7S. The molecule has 5 rings (SSSR count). The van der Waals surface area contributed by atoms with Gasteiger partial charge in [-0.1, -0.05) is 23.0 Å². The summed E-state index contributed by atoms with van der Waals surface area (Å²) in [5.41, 5.74) is 2.33. The SMILES string of the molecule is Cc1cc(NC(=O)CSc2nnc(-c3ccc(C4OCCO4)c(C4OCCO4)c3)o2)no1. The monoisotopic (exact) mass is 460 g/mol. The van der Waals surface area contributed by atoms with Crippen molar-refractivity contribution in [1.29, 1.82) is 0 Å². The van der Waals surface area contributed by atoms with Crippen molar-refractivity contribution >= 4 is 23.5 Å². The van der Waals surface area contributed by atoms with Gasteiger partial charge in [-0.15, -0.1) is 10.2 Å². The van der Waals surface area contributed by atoms with Gasteiger partial charge in [0.05, 0.1) is 32.2 Å². The first-order chi connectivity index (χ1) is 15.7. The highest BCUT2D eigenvalue weighted by Gasteiger charge is 2.29. The summed E-state index contributed by atoms with van der Waals surface area (Å²) in [4.78, 5) is 12.1. The zero-order valence-electron chi connectivity index (χ0n) is 17.1. The van der Waals surface area contributed by atoms with Crippen molar-refractivity contribution in [2.75, 3.05) is 37.5 Å². The van der Waals surface area contributed by atoms with Crippen LogP contribution in [-0.2, 0) is 23.7 Å². The number of aryl methyl sites for hydroxylation is 1. The van der Waals surface area contributed by atoms with Crippen molar-refractivity contribution in [2.45, 2.75) is 24.7 Å². The molecule has 0 spiro atoms. The van der Waals surface area contributed by atoms with Crippen LogP contribution in [0.5, 0.6) is 0 Å². The molecule has 11 nitrogen and oxygen atoms in total. The molecule has 168 valence electrons. The van der Waals surface area contributed by atoms with E-state index in [1.807, 2.05) is 18.2 Å².